The molecule has 132 valence electrons. The van der Waals surface area contributed by atoms with Crippen molar-refractivity contribution < 1.29 is 23.3 Å². The molecular weight excluding hydrogens is 433 g/mol. The van der Waals surface area contributed by atoms with Crippen LogP contribution >= 0.6 is 35.6 Å². The summed E-state index contributed by atoms with van der Waals surface area (Å²) >= 11 is 3.99. The molecule has 1 aromatic heterocycles. The predicted molar refractivity (Wildman–Crippen MR) is 100 cm³/mol. The molecule has 0 amide bonds. The zero-order valence-electron chi connectivity index (χ0n) is 12.8. The number of halogens is 3. The number of thiophene rings is 1. The lowest BCUT2D eigenvalue weighted by molar-refractivity contribution is 0.0766. The molecule has 0 aliphatic heterocycles. The predicted octanol–water partition coefficient (Wildman–Crippen LogP) is 5.63. The molecule has 0 saturated heterocycles. The van der Waals surface area contributed by atoms with Crippen molar-refractivity contribution in [2.24, 2.45) is 0 Å². The summed E-state index contributed by atoms with van der Waals surface area (Å²) < 4.78 is 34.4. The van der Waals surface area contributed by atoms with Crippen LogP contribution in [-0.2, 0) is 12.1 Å². The third kappa shape index (κ3) is 4.01. The number of alkyl halides is 2. The van der Waals surface area contributed by atoms with Crippen molar-refractivity contribution in [2.75, 3.05) is 6.61 Å². The van der Waals surface area contributed by atoms with Gasteiger partial charge in [-0.3, -0.25) is 0 Å². The van der Waals surface area contributed by atoms with E-state index in [1.54, 1.807) is 18.2 Å². The standard InChI is InChI=1S/C17H14BrF2O3PS/c18-15-13-10-12(23-9-8-11-4-2-1-3-5-11)6-7-14(13)25-16(15)17(19,20)24(21)22/h1-7,10,21-22H,8-9H2. The van der Waals surface area contributed by atoms with Crippen molar-refractivity contribution in [3.8, 4) is 5.75 Å². The zero-order chi connectivity index (χ0) is 18.0. The van der Waals surface area contributed by atoms with Gasteiger partial charge in [-0.25, -0.2) is 0 Å². The smallest absolute Gasteiger partial charge is 0.349 e. The van der Waals surface area contributed by atoms with E-state index in [0.29, 0.717) is 22.4 Å². The van der Waals surface area contributed by atoms with Gasteiger partial charge in [0.25, 0.3) is 0 Å². The minimum absolute atomic E-state index is 0.168. The maximum atomic E-state index is 13.9. The highest BCUT2D eigenvalue weighted by atomic mass is 79.9. The zero-order valence-corrected chi connectivity index (χ0v) is 16.1. The van der Waals surface area contributed by atoms with Gasteiger partial charge in [-0.05, 0) is 39.7 Å². The summed E-state index contributed by atoms with van der Waals surface area (Å²) in [6.07, 6.45) is 0.742. The molecule has 0 saturated carbocycles. The van der Waals surface area contributed by atoms with E-state index in [1.807, 2.05) is 30.3 Å². The van der Waals surface area contributed by atoms with E-state index in [4.69, 9.17) is 14.5 Å². The molecule has 0 fully saturated rings. The largest absolute Gasteiger partial charge is 0.493 e. The van der Waals surface area contributed by atoms with Crippen molar-refractivity contribution >= 4 is 45.7 Å². The second-order valence-corrected chi connectivity index (χ2v) is 8.30. The Labute approximate surface area is 156 Å². The van der Waals surface area contributed by atoms with Crippen LogP contribution in [0.15, 0.2) is 53.0 Å². The average molecular weight is 447 g/mol. The highest BCUT2D eigenvalue weighted by Gasteiger charge is 2.44. The average Bonchev–Trinajstić information content (AvgIpc) is 2.93. The van der Waals surface area contributed by atoms with Gasteiger partial charge in [-0.2, -0.15) is 8.78 Å². The van der Waals surface area contributed by atoms with Crippen molar-refractivity contribution in [3.05, 3.63) is 63.4 Å². The quantitative estimate of drug-likeness (QED) is 0.482. The normalized spacial score (nSPS) is 12.1. The van der Waals surface area contributed by atoms with Crippen molar-refractivity contribution in [1.82, 2.24) is 0 Å². The molecule has 8 heteroatoms. The molecule has 0 unspecified atom stereocenters. The minimum Gasteiger partial charge on any atom is -0.493 e. The van der Waals surface area contributed by atoms with Crippen LogP contribution in [0.25, 0.3) is 10.1 Å². The summed E-state index contributed by atoms with van der Waals surface area (Å²) in [6, 6.07) is 15.0. The molecule has 3 rings (SSSR count). The molecule has 25 heavy (non-hydrogen) atoms. The number of ether oxygens (including phenoxy) is 1. The van der Waals surface area contributed by atoms with Crippen LogP contribution in [0, 0.1) is 0 Å². The van der Waals surface area contributed by atoms with Gasteiger partial charge in [-0.1, -0.05) is 30.3 Å². The highest BCUT2D eigenvalue weighted by molar-refractivity contribution is 9.10. The van der Waals surface area contributed by atoms with Gasteiger partial charge in [0.05, 0.1) is 11.5 Å². The number of hydrogen-bond donors (Lipinski definition) is 2. The van der Waals surface area contributed by atoms with E-state index < -0.39 is 14.0 Å². The molecule has 2 aromatic carbocycles. The number of benzene rings is 2. The summed E-state index contributed by atoms with van der Waals surface area (Å²) in [5, 5.41) is 0.564. The Morgan fingerprint density at radius 1 is 1.12 bits per heavy atom. The summed E-state index contributed by atoms with van der Waals surface area (Å²) in [5.74, 6) is 0.576. The van der Waals surface area contributed by atoms with Gasteiger partial charge in [0.2, 0.25) is 8.38 Å². The molecule has 0 radical (unpaired) electrons. The fourth-order valence-electron chi connectivity index (χ4n) is 2.35. The Morgan fingerprint density at radius 2 is 1.84 bits per heavy atom. The van der Waals surface area contributed by atoms with Crippen LogP contribution in [-0.4, -0.2) is 16.4 Å². The van der Waals surface area contributed by atoms with Crippen molar-refractivity contribution in [1.29, 1.82) is 0 Å². The topological polar surface area (TPSA) is 49.7 Å². The Balaban J connectivity index is 1.79. The highest BCUT2D eigenvalue weighted by Crippen LogP contribution is 2.57. The molecule has 0 bridgehead atoms. The number of rotatable bonds is 6. The van der Waals surface area contributed by atoms with E-state index in [-0.39, 0.29) is 9.35 Å². The van der Waals surface area contributed by atoms with Gasteiger partial charge in [0, 0.05) is 21.0 Å². The van der Waals surface area contributed by atoms with Crippen LogP contribution in [0.3, 0.4) is 0 Å². The summed E-state index contributed by atoms with van der Waals surface area (Å²) in [7, 11) is -3.40. The monoisotopic (exact) mass is 446 g/mol. The summed E-state index contributed by atoms with van der Waals surface area (Å²) in [4.78, 5) is 17.6. The van der Waals surface area contributed by atoms with Crippen LogP contribution in [0.2, 0.25) is 0 Å². The Kier molecular flexibility index (Phi) is 5.71. The molecule has 3 nitrogen and oxygen atoms in total. The van der Waals surface area contributed by atoms with Crippen LogP contribution < -0.4 is 4.74 Å². The Hall–Kier alpha value is -1.11. The third-order valence-corrected chi connectivity index (χ3v) is 6.83. The fourth-order valence-corrected chi connectivity index (χ4v) is 5.08. The van der Waals surface area contributed by atoms with Gasteiger partial charge in [0.15, 0.2) is 0 Å². The van der Waals surface area contributed by atoms with E-state index in [0.717, 1.165) is 23.3 Å². The van der Waals surface area contributed by atoms with Gasteiger partial charge >= 0.3 is 5.66 Å². The SMILES string of the molecule is OP(O)C(F)(F)c1sc2ccc(OCCc3ccccc3)cc2c1Br. The molecule has 1 heterocycles. The lowest BCUT2D eigenvalue weighted by Crippen LogP contribution is -2.08. The van der Waals surface area contributed by atoms with E-state index in [9.17, 15) is 8.78 Å². The molecule has 0 aliphatic rings. The molecular formula is C17H14BrF2O3PS. The first-order valence-electron chi connectivity index (χ1n) is 7.34. The molecule has 2 N–H and O–H groups in total. The minimum atomic E-state index is -3.67. The Bertz CT molecular complexity index is 871. The number of hydrogen-bond acceptors (Lipinski definition) is 4. The first-order chi connectivity index (χ1) is 11.9. The van der Waals surface area contributed by atoms with Crippen LogP contribution in [0.1, 0.15) is 10.4 Å². The summed E-state index contributed by atoms with van der Waals surface area (Å²) in [6.45, 7) is 0.471. The molecule has 0 atom stereocenters. The maximum absolute atomic E-state index is 13.9. The number of fused-ring (bicyclic) bond motifs is 1. The maximum Gasteiger partial charge on any atom is 0.349 e. The van der Waals surface area contributed by atoms with Crippen LogP contribution in [0.4, 0.5) is 8.78 Å². The lowest BCUT2D eigenvalue weighted by atomic mass is 10.2. The Morgan fingerprint density at radius 3 is 2.52 bits per heavy atom. The van der Waals surface area contributed by atoms with Gasteiger partial charge in [-0.15, -0.1) is 11.3 Å². The van der Waals surface area contributed by atoms with Crippen molar-refractivity contribution in [3.63, 3.8) is 0 Å². The third-order valence-electron chi connectivity index (χ3n) is 3.63. The second-order valence-electron chi connectivity index (χ2n) is 5.32. The lowest BCUT2D eigenvalue weighted by Gasteiger charge is -2.15. The van der Waals surface area contributed by atoms with Crippen molar-refractivity contribution in [2.45, 2.75) is 12.1 Å². The first kappa shape index (κ1) is 18.7. The van der Waals surface area contributed by atoms with Gasteiger partial charge < -0.3 is 14.5 Å². The van der Waals surface area contributed by atoms with E-state index in [1.165, 1.54) is 0 Å². The molecule has 0 spiro atoms. The summed E-state index contributed by atoms with van der Waals surface area (Å²) in [5.41, 5.74) is -2.52. The fraction of sp³-hybridized carbons (Fsp3) is 0.176. The van der Waals surface area contributed by atoms with Gasteiger partial charge in [0.1, 0.15) is 5.75 Å². The second kappa shape index (κ2) is 7.64. The van der Waals surface area contributed by atoms with E-state index >= 15 is 0 Å². The first-order valence-corrected chi connectivity index (χ1v) is 10.2. The molecule has 0 aliphatic carbocycles. The van der Waals surface area contributed by atoms with Crippen LogP contribution in [0.5, 0.6) is 5.75 Å². The van der Waals surface area contributed by atoms with E-state index in [2.05, 4.69) is 15.9 Å². The molecule has 3 aromatic rings.